The Balaban J connectivity index is 2.05. The van der Waals surface area contributed by atoms with Gasteiger partial charge in [0.25, 0.3) is 0 Å². The lowest BCUT2D eigenvalue weighted by Gasteiger charge is -2.37. The Morgan fingerprint density at radius 2 is 2.10 bits per heavy atom. The number of nitrogens with one attached hydrogen (secondary N) is 1. The molecule has 1 aromatic heterocycles. The van der Waals surface area contributed by atoms with E-state index >= 15 is 0 Å². The lowest BCUT2D eigenvalue weighted by molar-refractivity contribution is -0.148. The fourth-order valence-electron chi connectivity index (χ4n) is 3.25. The Kier molecular flexibility index (Phi) is 5.39. The van der Waals surface area contributed by atoms with E-state index in [2.05, 4.69) is 5.32 Å². The van der Waals surface area contributed by atoms with Crippen LogP contribution in [0.3, 0.4) is 0 Å². The molecular formula is C16H23NO3S. The van der Waals surface area contributed by atoms with Gasteiger partial charge in [-0.05, 0) is 37.1 Å². The van der Waals surface area contributed by atoms with Crippen LogP contribution in [0.15, 0.2) is 17.5 Å². The minimum absolute atomic E-state index is 0.0893. The zero-order valence-corrected chi connectivity index (χ0v) is 13.2. The summed E-state index contributed by atoms with van der Waals surface area (Å²) in [5.74, 6) is -0.842. The maximum absolute atomic E-state index is 12.6. The third-order valence-corrected chi connectivity index (χ3v) is 5.42. The van der Waals surface area contributed by atoms with Crippen molar-refractivity contribution in [3.05, 3.63) is 22.4 Å². The predicted molar refractivity (Wildman–Crippen MR) is 83.1 cm³/mol. The summed E-state index contributed by atoms with van der Waals surface area (Å²) in [7, 11) is 0. The van der Waals surface area contributed by atoms with Crippen molar-refractivity contribution in [2.24, 2.45) is 11.3 Å². The minimum atomic E-state index is -0.894. The molecule has 1 saturated carbocycles. The smallest absolute Gasteiger partial charge is 0.304 e. The highest BCUT2D eigenvalue weighted by Crippen LogP contribution is 2.41. The number of carbonyl (C=O) groups excluding carboxylic acids is 1. The highest BCUT2D eigenvalue weighted by molar-refractivity contribution is 7.09. The number of rotatable bonds is 6. The lowest BCUT2D eigenvalue weighted by atomic mass is 9.67. The molecule has 1 aliphatic carbocycles. The minimum Gasteiger partial charge on any atom is -0.481 e. The van der Waals surface area contributed by atoms with Crippen molar-refractivity contribution >= 4 is 23.2 Å². The Morgan fingerprint density at radius 1 is 1.38 bits per heavy atom. The van der Waals surface area contributed by atoms with Gasteiger partial charge in [-0.3, -0.25) is 9.59 Å². The van der Waals surface area contributed by atoms with Gasteiger partial charge in [-0.1, -0.05) is 25.3 Å². The summed E-state index contributed by atoms with van der Waals surface area (Å²) in [4.78, 5) is 24.9. The quantitative estimate of drug-likeness (QED) is 0.846. The van der Waals surface area contributed by atoms with Crippen LogP contribution in [0.2, 0.25) is 0 Å². The molecule has 1 atom stereocenters. The molecule has 0 aliphatic heterocycles. The normalized spacial score (nSPS) is 18.9. The SMILES string of the molecule is CC(CC(=O)O)(C(=O)NCc1cccs1)C1CCCCC1. The van der Waals surface area contributed by atoms with Crippen molar-refractivity contribution in [3.63, 3.8) is 0 Å². The third kappa shape index (κ3) is 4.06. The molecule has 0 aromatic carbocycles. The fraction of sp³-hybridized carbons (Fsp3) is 0.625. The van der Waals surface area contributed by atoms with Gasteiger partial charge in [-0.25, -0.2) is 0 Å². The van der Waals surface area contributed by atoms with Crippen LogP contribution in [0, 0.1) is 11.3 Å². The maximum atomic E-state index is 12.6. The van der Waals surface area contributed by atoms with E-state index in [0.29, 0.717) is 6.54 Å². The molecule has 5 heteroatoms. The molecule has 0 radical (unpaired) electrons. The van der Waals surface area contributed by atoms with Crippen LogP contribution in [0.1, 0.15) is 50.3 Å². The second kappa shape index (κ2) is 7.07. The second-order valence-electron chi connectivity index (χ2n) is 6.08. The first kappa shape index (κ1) is 16.0. The first-order valence-electron chi connectivity index (χ1n) is 7.55. The maximum Gasteiger partial charge on any atom is 0.304 e. The second-order valence-corrected chi connectivity index (χ2v) is 7.12. The zero-order chi connectivity index (χ0) is 15.3. The number of carboxylic acids is 1. The van der Waals surface area contributed by atoms with Crippen LogP contribution in [0.4, 0.5) is 0 Å². The van der Waals surface area contributed by atoms with Crippen molar-refractivity contribution in [1.29, 1.82) is 0 Å². The van der Waals surface area contributed by atoms with Crippen LogP contribution in [-0.4, -0.2) is 17.0 Å². The van der Waals surface area contributed by atoms with Crippen LogP contribution in [-0.2, 0) is 16.1 Å². The number of aliphatic carboxylic acids is 1. The summed E-state index contributed by atoms with van der Waals surface area (Å²) < 4.78 is 0. The van der Waals surface area contributed by atoms with Gasteiger partial charge in [0.1, 0.15) is 0 Å². The number of hydrogen-bond acceptors (Lipinski definition) is 3. The molecule has 1 amide bonds. The highest BCUT2D eigenvalue weighted by atomic mass is 32.1. The standard InChI is InChI=1S/C16H23NO3S/c1-16(10-14(18)19,12-6-3-2-4-7-12)15(20)17-11-13-8-5-9-21-13/h5,8-9,12H,2-4,6-7,10-11H2,1H3,(H,17,20)(H,18,19). The van der Waals surface area contributed by atoms with E-state index in [1.807, 2.05) is 24.4 Å². The molecule has 2 rings (SSSR count). The van der Waals surface area contributed by atoms with E-state index in [-0.39, 0.29) is 18.2 Å². The number of carbonyl (C=O) groups is 2. The van der Waals surface area contributed by atoms with Crippen LogP contribution in [0.5, 0.6) is 0 Å². The fourth-order valence-corrected chi connectivity index (χ4v) is 3.89. The van der Waals surface area contributed by atoms with E-state index in [4.69, 9.17) is 0 Å². The van der Waals surface area contributed by atoms with Gasteiger partial charge in [-0.15, -0.1) is 11.3 Å². The molecule has 4 nitrogen and oxygen atoms in total. The van der Waals surface area contributed by atoms with Gasteiger partial charge in [0, 0.05) is 4.88 Å². The molecule has 1 unspecified atom stereocenters. The number of carboxylic acid groups (broad SMARTS) is 1. The molecule has 116 valence electrons. The van der Waals surface area contributed by atoms with Gasteiger partial charge in [-0.2, -0.15) is 0 Å². The Morgan fingerprint density at radius 3 is 2.67 bits per heavy atom. The monoisotopic (exact) mass is 309 g/mol. The van der Waals surface area contributed by atoms with E-state index in [1.54, 1.807) is 11.3 Å². The predicted octanol–water partition coefficient (Wildman–Crippen LogP) is 3.43. The van der Waals surface area contributed by atoms with E-state index in [0.717, 1.165) is 30.6 Å². The van der Waals surface area contributed by atoms with Gasteiger partial charge >= 0.3 is 5.97 Å². The van der Waals surface area contributed by atoms with Crippen LogP contribution >= 0.6 is 11.3 Å². The van der Waals surface area contributed by atoms with Crippen molar-refractivity contribution in [2.75, 3.05) is 0 Å². The largest absolute Gasteiger partial charge is 0.481 e. The summed E-state index contributed by atoms with van der Waals surface area (Å²) in [5.41, 5.74) is -0.802. The van der Waals surface area contributed by atoms with Gasteiger partial charge in [0.05, 0.1) is 18.4 Å². The average Bonchev–Trinajstić information content (AvgIpc) is 2.98. The summed E-state index contributed by atoms with van der Waals surface area (Å²) in [5, 5.41) is 14.1. The number of hydrogen-bond donors (Lipinski definition) is 2. The average molecular weight is 309 g/mol. The van der Waals surface area contributed by atoms with E-state index in [9.17, 15) is 14.7 Å². The third-order valence-electron chi connectivity index (χ3n) is 4.55. The summed E-state index contributed by atoms with van der Waals surface area (Å²) in [6, 6.07) is 3.92. The van der Waals surface area contributed by atoms with Gasteiger partial charge < -0.3 is 10.4 Å². The summed E-state index contributed by atoms with van der Waals surface area (Å²) in [6.45, 7) is 2.30. The topological polar surface area (TPSA) is 66.4 Å². The molecular weight excluding hydrogens is 286 g/mol. The molecule has 1 fully saturated rings. The molecule has 1 aliphatic rings. The first-order chi connectivity index (χ1) is 10.0. The first-order valence-corrected chi connectivity index (χ1v) is 8.43. The molecule has 1 heterocycles. The number of thiophene rings is 1. The lowest BCUT2D eigenvalue weighted by Crippen LogP contribution is -2.45. The van der Waals surface area contributed by atoms with Crippen molar-refractivity contribution in [2.45, 2.75) is 52.0 Å². The van der Waals surface area contributed by atoms with Crippen LogP contribution < -0.4 is 5.32 Å². The molecule has 0 bridgehead atoms. The molecule has 0 spiro atoms. The van der Waals surface area contributed by atoms with Crippen molar-refractivity contribution in [1.82, 2.24) is 5.32 Å². The van der Waals surface area contributed by atoms with Crippen molar-refractivity contribution < 1.29 is 14.7 Å². The summed E-state index contributed by atoms with van der Waals surface area (Å²) >= 11 is 1.59. The highest BCUT2D eigenvalue weighted by Gasteiger charge is 2.43. The molecule has 2 N–H and O–H groups in total. The summed E-state index contributed by atoms with van der Waals surface area (Å²) in [6.07, 6.45) is 5.20. The van der Waals surface area contributed by atoms with Gasteiger partial charge in [0.2, 0.25) is 5.91 Å². The van der Waals surface area contributed by atoms with Gasteiger partial charge in [0.15, 0.2) is 0 Å². The van der Waals surface area contributed by atoms with E-state index < -0.39 is 11.4 Å². The Hall–Kier alpha value is -1.36. The zero-order valence-electron chi connectivity index (χ0n) is 12.4. The molecule has 21 heavy (non-hydrogen) atoms. The van der Waals surface area contributed by atoms with E-state index in [1.165, 1.54) is 6.42 Å². The van der Waals surface area contributed by atoms with Crippen LogP contribution in [0.25, 0.3) is 0 Å². The Bertz CT molecular complexity index is 480. The molecule has 1 aromatic rings. The van der Waals surface area contributed by atoms with Crippen molar-refractivity contribution in [3.8, 4) is 0 Å². The number of amides is 1. The Labute approximate surface area is 129 Å². The molecule has 0 saturated heterocycles.